The molecule has 0 radical (unpaired) electrons. The van der Waals surface area contributed by atoms with Crippen molar-refractivity contribution in [2.75, 3.05) is 13.2 Å². The number of benzene rings is 2. The lowest BCUT2D eigenvalue weighted by molar-refractivity contribution is 0.317. The molecule has 0 amide bonds. The molecule has 21 heavy (non-hydrogen) atoms. The fourth-order valence-electron chi connectivity index (χ4n) is 2.11. The molecule has 0 spiro atoms. The molecular weight excluding hydrogens is 265 g/mol. The van der Waals surface area contributed by atoms with Crippen molar-refractivity contribution < 1.29 is 9.13 Å². The van der Waals surface area contributed by atoms with Crippen LogP contribution in [0, 0.1) is 5.82 Å². The fourth-order valence-corrected chi connectivity index (χ4v) is 2.11. The van der Waals surface area contributed by atoms with Gasteiger partial charge in [-0.05, 0) is 48.4 Å². The van der Waals surface area contributed by atoms with Gasteiger partial charge in [0.1, 0.15) is 11.6 Å². The van der Waals surface area contributed by atoms with Gasteiger partial charge in [0.05, 0.1) is 6.61 Å². The normalized spacial score (nSPS) is 10.6. The molecule has 2 aromatic carbocycles. The van der Waals surface area contributed by atoms with Gasteiger partial charge in [0.25, 0.3) is 0 Å². The Morgan fingerprint density at radius 2 is 1.71 bits per heavy atom. The van der Waals surface area contributed by atoms with Crippen molar-refractivity contribution in [3.8, 4) is 16.9 Å². The first kappa shape index (κ1) is 15.5. The lowest BCUT2D eigenvalue weighted by Gasteiger charge is -2.09. The first-order valence-corrected chi connectivity index (χ1v) is 7.47. The summed E-state index contributed by atoms with van der Waals surface area (Å²) in [5, 5.41) is 3.16. The van der Waals surface area contributed by atoms with E-state index >= 15 is 0 Å². The molecule has 112 valence electrons. The van der Waals surface area contributed by atoms with Crippen LogP contribution in [0.1, 0.15) is 25.8 Å². The predicted molar refractivity (Wildman–Crippen MR) is 85.0 cm³/mol. The second kappa shape index (κ2) is 7.79. The summed E-state index contributed by atoms with van der Waals surface area (Å²) in [5.41, 5.74) is 2.78. The molecule has 0 unspecified atom stereocenters. The topological polar surface area (TPSA) is 21.3 Å². The highest BCUT2D eigenvalue weighted by molar-refractivity contribution is 5.65. The second-order valence-corrected chi connectivity index (χ2v) is 4.96. The van der Waals surface area contributed by atoms with Crippen LogP contribution in [0.25, 0.3) is 11.1 Å². The molecule has 0 saturated heterocycles. The first-order chi connectivity index (χ1) is 10.2. The number of rotatable bonds is 7. The summed E-state index contributed by atoms with van der Waals surface area (Å²) in [6.45, 7) is 6.19. The van der Waals surface area contributed by atoms with Gasteiger partial charge in [-0.15, -0.1) is 0 Å². The molecular formula is C18H22FNO. The van der Waals surface area contributed by atoms with Crippen LogP contribution in [0.4, 0.5) is 4.39 Å². The molecule has 0 aliphatic rings. The van der Waals surface area contributed by atoms with Crippen LogP contribution >= 0.6 is 0 Å². The predicted octanol–water partition coefficient (Wildman–Crippen LogP) is 4.39. The van der Waals surface area contributed by atoms with Crippen molar-refractivity contribution >= 4 is 0 Å². The van der Waals surface area contributed by atoms with Crippen molar-refractivity contribution in [2.24, 2.45) is 0 Å². The van der Waals surface area contributed by atoms with Crippen molar-refractivity contribution in [3.05, 3.63) is 53.8 Å². The molecule has 0 aromatic heterocycles. The Hall–Kier alpha value is -1.87. The zero-order chi connectivity index (χ0) is 15.1. The lowest BCUT2D eigenvalue weighted by atomic mass is 10.0. The van der Waals surface area contributed by atoms with E-state index in [0.29, 0.717) is 12.1 Å². The van der Waals surface area contributed by atoms with Gasteiger partial charge in [-0.25, -0.2) is 4.39 Å². The Labute approximate surface area is 126 Å². The molecule has 2 nitrogen and oxygen atoms in total. The zero-order valence-electron chi connectivity index (χ0n) is 12.7. The monoisotopic (exact) mass is 287 g/mol. The minimum Gasteiger partial charge on any atom is -0.494 e. The summed E-state index contributed by atoms with van der Waals surface area (Å²) in [6, 6.07) is 13.2. The quantitative estimate of drug-likeness (QED) is 0.815. The van der Waals surface area contributed by atoms with E-state index in [1.54, 1.807) is 0 Å². The largest absolute Gasteiger partial charge is 0.494 e. The molecule has 0 bridgehead atoms. The summed E-state index contributed by atoms with van der Waals surface area (Å²) in [5.74, 6) is 0.707. The molecule has 0 saturated carbocycles. The Kier molecular flexibility index (Phi) is 5.76. The lowest BCUT2D eigenvalue weighted by Crippen LogP contribution is -2.12. The molecule has 1 N–H and O–H groups in total. The first-order valence-electron chi connectivity index (χ1n) is 7.47. The van der Waals surface area contributed by atoms with Crippen LogP contribution in [0.3, 0.4) is 0 Å². The maximum atomic E-state index is 13.8. The number of hydrogen-bond acceptors (Lipinski definition) is 2. The molecule has 2 rings (SSSR count). The summed E-state index contributed by atoms with van der Waals surface area (Å²) in [6.07, 6.45) is 0.994. The Bertz CT molecular complexity index is 566. The summed E-state index contributed by atoms with van der Waals surface area (Å²) in [7, 11) is 0. The minimum atomic E-state index is -0.164. The maximum absolute atomic E-state index is 13.8. The van der Waals surface area contributed by atoms with E-state index in [0.717, 1.165) is 36.4 Å². The van der Waals surface area contributed by atoms with Crippen LogP contribution in [0.5, 0.6) is 5.75 Å². The van der Waals surface area contributed by atoms with Gasteiger partial charge in [-0.1, -0.05) is 32.0 Å². The fraction of sp³-hybridized carbons (Fsp3) is 0.333. The van der Waals surface area contributed by atoms with E-state index in [-0.39, 0.29) is 5.82 Å². The van der Waals surface area contributed by atoms with E-state index in [2.05, 4.69) is 12.2 Å². The van der Waals surface area contributed by atoms with Gasteiger partial charge in [0, 0.05) is 12.1 Å². The second-order valence-electron chi connectivity index (χ2n) is 4.96. The Morgan fingerprint density at radius 1 is 1.00 bits per heavy atom. The number of ether oxygens (including phenoxy) is 1. The van der Waals surface area contributed by atoms with E-state index in [1.165, 1.54) is 6.07 Å². The number of hydrogen-bond donors (Lipinski definition) is 1. The van der Waals surface area contributed by atoms with Crippen molar-refractivity contribution in [2.45, 2.75) is 26.8 Å². The Balaban J connectivity index is 2.17. The summed E-state index contributed by atoms with van der Waals surface area (Å²) < 4.78 is 19.3. The van der Waals surface area contributed by atoms with Gasteiger partial charge in [0.15, 0.2) is 0 Å². The SMILES string of the molecule is CCCOc1ccc(-c2ccc(F)c(CNCC)c2)cc1. The Morgan fingerprint density at radius 3 is 2.38 bits per heavy atom. The van der Waals surface area contributed by atoms with Gasteiger partial charge >= 0.3 is 0 Å². The summed E-state index contributed by atoms with van der Waals surface area (Å²) in [4.78, 5) is 0. The van der Waals surface area contributed by atoms with Gasteiger partial charge < -0.3 is 10.1 Å². The van der Waals surface area contributed by atoms with Crippen LogP contribution in [-0.2, 0) is 6.54 Å². The third-order valence-electron chi connectivity index (χ3n) is 3.27. The van der Waals surface area contributed by atoms with Gasteiger partial charge in [-0.2, -0.15) is 0 Å². The average molecular weight is 287 g/mol. The van der Waals surface area contributed by atoms with Crippen molar-refractivity contribution in [3.63, 3.8) is 0 Å². The highest BCUT2D eigenvalue weighted by Crippen LogP contribution is 2.24. The standard InChI is InChI=1S/C18H22FNO/c1-3-11-21-17-8-5-14(6-9-17)15-7-10-18(19)16(12-15)13-20-4-2/h5-10,12,20H,3-4,11,13H2,1-2H3. The van der Waals surface area contributed by atoms with Crippen LogP contribution in [0.2, 0.25) is 0 Å². The van der Waals surface area contributed by atoms with Gasteiger partial charge in [0.2, 0.25) is 0 Å². The average Bonchev–Trinajstić information content (AvgIpc) is 2.53. The number of nitrogens with one attached hydrogen (secondary N) is 1. The third-order valence-corrected chi connectivity index (χ3v) is 3.27. The van der Waals surface area contributed by atoms with E-state index in [1.807, 2.05) is 43.3 Å². The maximum Gasteiger partial charge on any atom is 0.127 e. The third kappa shape index (κ3) is 4.30. The van der Waals surface area contributed by atoms with Crippen molar-refractivity contribution in [1.82, 2.24) is 5.32 Å². The van der Waals surface area contributed by atoms with Crippen LogP contribution < -0.4 is 10.1 Å². The van der Waals surface area contributed by atoms with Gasteiger partial charge in [-0.3, -0.25) is 0 Å². The van der Waals surface area contributed by atoms with E-state index in [9.17, 15) is 4.39 Å². The van der Waals surface area contributed by atoms with Crippen LogP contribution in [0.15, 0.2) is 42.5 Å². The smallest absolute Gasteiger partial charge is 0.127 e. The minimum absolute atomic E-state index is 0.164. The van der Waals surface area contributed by atoms with Crippen LogP contribution in [-0.4, -0.2) is 13.2 Å². The molecule has 0 fully saturated rings. The zero-order valence-corrected chi connectivity index (χ0v) is 12.7. The highest BCUT2D eigenvalue weighted by atomic mass is 19.1. The highest BCUT2D eigenvalue weighted by Gasteiger charge is 2.05. The molecule has 3 heteroatoms. The molecule has 0 aliphatic carbocycles. The van der Waals surface area contributed by atoms with E-state index < -0.39 is 0 Å². The molecule has 0 aliphatic heterocycles. The van der Waals surface area contributed by atoms with E-state index in [4.69, 9.17) is 4.74 Å². The number of halogens is 1. The molecule has 0 atom stereocenters. The molecule has 2 aromatic rings. The summed E-state index contributed by atoms with van der Waals surface area (Å²) >= 11 is 0. The van der Waals surface area contributed by atoms with Crippen molar-refractivity contribution in [1.29, 1.82) is 0 Å². The molecule has 0 heterocycles.